The zero-order valence-electron chi connectivity index (χ0n) is 9.63. The van der Waals surface area contributed by atoms with Crippen LogP contribution in [0, 0.1) is 0 Å². The molecule has 3 rings (SSSR count). The van der Waals surface area contributed by atoms with E-state index >= 15 is 0 Å². The summed E-state index contributed by atoms with van der Waals surface area (Å²) in [5.41, 5.74) is 1.03. The van der Waals surface area contributed by atoms with Gasteiger partial charge in [0.2, 0.25) is 0 Å². The van der Waals surface area contributed by atoms with E-state index in [2.05, 4.69) is 5.32 Å². The largest absolute Gasteiger partial charge is 0.445 e. The Morgan fingerprint density at radius 3 is 2.94 bits per heavy atom. The van der Waals surface area contributed by atoms with Gasteiger partial charge in [0, 0.05) is 25.2 Å². The molecule has 1 N–H and O–H groups in total. The summed E-state index contributed by atoms with van der Waals surface area (Å²) < 4.78 is 5.29. The summed E-state index contributed by atoms with van der Waals surface area (Å²) in [5.74, 6) is 0. The Kier molecular flexibility index (Phi) is 2.73. The lowest BCUT2D eigenvalue weighted by Crippen LogP contribution is -2.39. The van der Waals surface area contributed by atoms with E-state index in [0.717, 1.165) is 25.1 Å². The molecule has 1 amide bonds. The van der Waals surface area contributed by atoms with E-state index in [0.29, 0.717) is 18.7 Å². The summed E-state index contributed by atoms with van der Waals surface area (Å²) in [6.45, 7) is 1.96. The third-order valence-corrected chi connectivity index (χ3v) is 3.40. The van der Waals surface area contributed by atoms with Crippen molar-refractivity contribution in [1.29, 1.82) is 0 Å². The first-order valence-corrected chi connectivity index (χ1v) is 6.04. The predicted molar refractivity (Wildman–Crippen MR) is 63.5 cm³/mol. The molecule has 0 aromatic heterocycles. The zero-order valence-corrected chi connectivity index (χ0v) is 9.63. The molecule has 4 nitrogen and oxygen atoms in total. The molecule has 2 fully saturated rings. The summed E-state index contributed by atoms with van der Waals surface area (Å²) in [7, 11) is 0. The number of nitrogens with one attached hydrogen (secondary N) is 1. The Balaban J connectivity index is 1.50. The zero-order chi connectivity index (χ0) is 11.7. The SMILES string of the molecule is O=C(OCc1ccccc1)N1CCC2NC2C1. The number of amides is 1. The summed E-state index contributed by atoms with van der Waals surface area (Å²) >= 11 is 0. The Morgan fingerprint density at radius 1 is 1.35 bits per heavy atom. The first-order chi connectivity index (χ1) is 8.33. The molecule has 0 aliphatic carbocycles. The standard InChI is InChI=1S/C13H16N2O2/c16-13(15-7-6-11-12(8-15)14-11)17-9-10-4-2-1-3-5-10/h1-5,11-12,14H,6-9H2. The van der Waals surface area contributed by atoms with E-state index in [1.54, 1.807) is 4.90 Å². The average Bonchev–Trinajstić information content (AvgIpc) is 3.15. The van der Waals surface area contributed by atoms with E-state index in [1.807, 2.05) is 30.3 Å². The lowest BCUT2D eigenvalue weighted by atomic mass is 10.1. The minimum absolute atomic E-state index is 0.194. The van der Waals surface area contributed by atoms with Gasteiger partial charge in [0.05, 0.1) is 0 Å². The van der Waals surface area contributed by atoms with Crippen LogP contribution in [0.1, 0.15) is 12.0 Å². The minimum atomic E-state index is -0.194. The second-order valence-electron chi connectivity index (χ2n) is 4.65. The summed E-state index contributed by atoms with van der Waals surface area (Å²) in [6.07, 6.45) is 0.853. The highest BCUT2D eigenvalue weighted by Gasteiger charge is 2.42. The third kappa shape index (κ3) is 2.42. The van der Waals surface area contributed by atoms with E-state index in [-0.39, 0.29) is 6.09 Å². The molecule has 1 aromatic rings. The second-order valence-corrected chi connectivity index (χ2v) is 4.65. The maximum Gasteiger partial charge on any atom is 0.410 e. The normalized spacial score (nSPS) is 26.2. The van der Waals surface area contributed by atoms with Crippen molar-refractivity contribution in [2.75, 3.05) is 13.1 Å². The quantitative estimate of drug-likeness (QED) is 0.783. The lowest BCUT2D eigenvalue weighted by molar-refractivity contribution is 0.0927. The average molecular weight is 232 g/mol. The van der Waals surface area contributed by atoms with E-state index in [4.69, 9.17) is 4.74 Å². The Bertz CT molecular complexity index is 407. The van der Waals surface area contributed by atoms with Crippen molar-refractivity contribution in [1.82, 2.24) is 10.2 Å². The highest BCUT2D eigenvalue weighted by Crippen LogP contribution is 2.22. The number of nitrogens with zero attached hydrogens (tertiary/aromatic N) is 1. The van der Waals surface area contributed by atoms with Gasteiger partial charge in [-0.15, -0.1) is 0 Å². The monoisotopic (exact) mass is 232 g/mol. The minimum Gasteiger partial charge on any atom is -0.445 e. The molecule has 2 aliphatic heterocycles. The van der Waals surface area contributed by atoms with E-state index in [9.17, 15) is 4.79 Å². The number of ether oxygens (including phenoxy) is 1. The van der Waals surface area contributed by atoms with Crippen LogP contribution in [0.4, 0.5) is 4.79 Å². The van der Waals surface area contributed by atoms with E-state index in [1.165, 1.54) is 0 Å². The Hall–Kier alpha value is -1.55. The fourth-order valence-electron chi connectivity index (χ4n) is 2.28. The van der Waals surface area contributed by atoms with Crippen LogP contribution in [0.2, 0.25) is 0 Å². The topological polar surface area (TPSA) is 51.5 Å². The number of fused-ring (bicyclic) bond motifs is 1. The first-order valence-electron chi connectivity index (χ1n) is 6.04. The summed E-state index contributed by atoms with van der Waals surface area (Å²) in [5, 5.41) is 3.34. The fraction of sp³-hybridized carbons (Fsp3) is 0.462. The van der Waals surface area contributed by atoms with Gasteiger partial charge in [-0.05, 0) is 12.0 Å². The molecule has 0 saturated carbocycles. The fourth-order valence-corrected chi connectivity index (χ4v) is 2.28. The van der Waals surface area contributed by atoms with Crippen LogP contribution in [0.15, 0.2) is 30.3 Å². The molecule has 2 saturated heterocycles. The van der Waals surface area contributed by atoms with Crippen molar-refractivity contribution in [3.8, 4) is 0 Å². The van der Waals surface area contributed by atoms with E-state index < -0.39 is 0 Å². The Morgan fingerprint density at radius 2 is 2.18 bits per heavy atom. The van der Waals surface area contributed by atoms with Gasteiger partial charge in [0.1, 0.15) is 6.61 Å². The highest BCUT2D eigenvalue weighted by molar-refractivity contribution is 5.68. The molecule has 17 heavy (non-hydrogen) atoms. The van der Waals surface area contributed by atoms with Crippen LogP contribution in [0.5, 0.6) is 0 Å². The maximum atomic E-state index is 11.8. The van der Waals surface area contributed by atoms with Crippen molar-refractivity contribution in [3.63, 3.8) is 0 Å². The van der Waals surface area contributed by atoms with Gasteiger partial charge < -0.3 is 15.0 Å². The first kappa shape index (κ1) is 10.6. The molecule has 90 valence electrons. The second kappa shape index (κ2) is 4.37. The summed E-state index contributed by atoms with van der Waals surface area (Å²) in [6, 6.07) is 10.9. The molecule has 1 aromatic carbocycles. The van der Waals surface area contributed by atoms with Crippen molar-refractivity contribution < 1.29 is 9.53 Å². The molecule has 0 bridgehead atoms. The number of piperidine rings is 1. The van der Waals surface area contributed by atoms with Crippen LogP contribution in [0.25, 0.3) is 0 Å². The number of rotatable bonds is 2. The molecule has 0 spiro atoms. The maximum absolute atomic E-state index is 11.8. The van der Waals surface area contributed by atoms with Gasteiger partial charge in [-0.3, -0.25) is 0 Å². The van der Waals surface area contributed by atoms with Crippen molar-refractivity contribution in [2.24, 2.45) is 0 Å². The molecule has 2 heterocycles. The van der Waals surface area contributed by atoms with Crippen molar-refractivity contribution >= 4 is 6.09 Å². The molecule has 4 heteroatoms. The van der Waals surface area contributed by atoms with Gasteiger partial charge in [-0.1, -0.05) is 30.3 Å². The number of hydrogen-bond donors (Lipinski definition) is 1. The number of likely N-dealkylation sites (tertiary alicyclic amines) is 1. The highest BCUT2D eigenvalue weighted by atomic mass is 16.6. The predicted octanol–water partition coefficient (Wildman–Crippen LogP) is 1.37. The third-order valence-electron chi connectivity index (χ3n) is 3.40. The van der Waals surface area contributed by atoms with Crippen molar-refractivity contribution in [3.05, 3.63) is 35.9 Å². The number of carbonyl (C=O) groups is 1. The van der Waals surface area contributed by atoms with Crippen LogP contribution in [-0.2, 0) is 11.3 Å². The van der Waals surface area contributed by atoms with Crippen LogP contribution < -0.4 is 5.32 Å². The van der Waals surface area contributed by atoms with Crippen molar-refractivity contribution in [2.45, 2.75) is 25.1 Å². The Labute approximate surface area is 101 Å². The molecule has 2 unspecified atom stereocenters. The number of hydrogen-bond acceptors (Lipinski definition) is 3. The smallest absolute Gasteiger partial charge is 0.410 e. The van der Waals surface area contributed by atoms with Crippen LogP contribution in [-0.4, -0.2) is 36.2 Å². The number of carbonyl (C=O) groups excluding carboxylic acids is 1. The number of benzene rings is 1. The van der Waals surface area contributed by atoms with Gasteiger partial charge >= 0.3 is 6.09 Å². The van der Waals surface area contributed by atoms with Gasteiger partial charge in [-0.2, -0.15) is 0 Å². The molecule has 0 radical (unpaired) electrons. The van der Waals surface area contributed by atoms with Crippen LogP contribution >= 0.6 is 0 Å². The van der Waals surface area contributed by atoms with Gasteiger partial charge in [0.25, 0.3) is 0 Å². The molecule has 2 atom stereocenters. The molecule has 2 aliphatic rings. The summed E-state index contributed by atoms with van der Waals surface area (Å²) in [4.78, 5) is 13.6. The van der Waals surface area contributed by atoms with Crippen LogP contribution in [0.3, 0.4) is 0 Å². The van der Waals surface area contributed by atoms with Gasteiger partial charge in [-0.25, -0.2) is 4.79 Å². The molecular weight excluding hydrogens is 216 g/mol. The van der Waals surface area contributed by atoms with Gasteiger partial charge in [0.15, 0.2) is 0 Å². The molecular formula is C13H16N2O2. The lowest BCUT2D eigenvalue weighted by Gasteiger charge is -2.24.